The van der Waals surface area contributed by atoms with Crippen LogP contribution in [0.1, 0.15) is 23.6 Å². The lowest BCUT2D eigenvalue weighted by atomic mass is 10.00. The maximum atomic E-state index is 13.2. The van der Waals surface area contributed by atoms with Crippen molar-refractivity contribution < 1.29 is 4.79 Å². The van der Waals surface area contributed by atoms with Gasteiger partial charge in [0.1, 0.15) is 6.04 Å². The first kappa shape index (κ1) is 17.5. The zero-order valence-corrected chi connectivity index (χ0v) is 15.7. The Kier molecular flexibility index (Phi) is 4.78. The highest BCUT2D eigenvalue weighted by atomic mass is 35.5. The Morgan fingerprint density at radius 3 is 2.33 bits per heavy atom. The van der Waals surface area contributed by atoms with Gasteiger partial charge in [0, 0.05) is 16.1 Å². The van der Waals surface area contributed by atoms with Crippen molar-refractivity contribution in [3.63, 3.8) is 0 Å². The van der Waals surface area contributed by atoms with Crippen LogP contribution < -0.4 is 4.90 Å². The molecule has 1 heterocycles. The number of halogens is 1. The Morgan fingerprint density at radius 1 is 0.963 bits per heavy atom. The third-order valence-corrected chi connectivity index (χ3v) is 4.92. The molecule has 1 aliphatic heterocycles. The number of anilines is 1. The zero-order valence-electron chi connectivity index (χ0n) is 15.0. The quantitative estimate of drug-likeness (QED) is 0.626. The van der Waals surface area contributed by atoms with E-state index < -0.39 is 6.04 Å². The first-order valence-electron chi connectivity index (χ1n) is 8.92. The molecule has 4 heteroatoms. The highest BCUT2D eigenvalue weighted by molar-refractivity contribution is 6.32. The number of nitrogens with zero attached hydrogens (tertiary/aromatic N) is 2. The smallest absolute Gasteiger partial charge is 0.251 e. The largest absolute Gasteiger partial charge is 0.305 e. The lowest BCUT2D eigenvalue weighted by Gasteiger charge is -2.24. The van der Waals surface area contributed by atoms with Crippen LogP contribution in [0.4, 0.5) is 5.69 Å². The second-order valence-corrected chi connectivity index (χ2v) is 7.03. The minimum Gasteiger partial charge on any atom is -0.305 e. The van der Waals surface area contributed by atoms with E-state index in [2.05, 4.69) is 0 Å². The summed E-state index contributed by atoms with van der Waals surface area (Å²) in [5.41, 5.74) is 4.55. The SMILES string of the molecule is C[C@@H]1N=C(c2ccccc2)c2cc(Cl)ccc2N(Cc2ccccc2)C1=O. The van der Waals surface area contributed by atoms with Gasteiger partial charge in [-0.2, -0.15) is 0 Å². The van der Waals surface area contributed by atoms with E-state index in [1.54, 1.807) is 0 Å². The van der Waals surface area contributed by atoms with Crippen LogP contribution in [-0.2, 0) is 11.3 Å². The molecule has 4 rings (SSSR count). The van der Waals surface area contributed by atoms with Crippen molar-refractivity contribution in [2.75, 3.05) is 4.90 Å². The van der Waals surface area contributed by atoms with Crippen molar-refractivity contribution >= 4 is 28.9 Å². The third kappa shape index (κ3) is 3.51. The van der Waals surface area contributed by atoms with Gasteiger partial charge in [-0.3, -0.25) is 9.79 Å². The van der Waals surface area contributed by atoms with Gasteiger partial charge in [0.25, 0.3) is 5.91 Å². The molecule has 0 saturated carbocycles. The van der Waals surface area contributed by atoms with Crippen molar-refractivity contribution in [3.8, 4) is 0 Å². The normalized spacial score (nSPS) is 16.5. The number of hydrogen-bond donors (Lipinski definition) is 0. The predicted molar refractivity (Wildman–Crippen MR) is 111 cm³/mol. The fourth-order valence-corrected chi connectivity index (χ4v) is 3.52. The summed E-state index contributed by atoms with van der Waals surface area (Å²) in [5, 5.41) is 0.624. The molecule has 27 heavy (non-hydrogen) atoms. The third-order valence-electron chi connectivity index (χ3n) is 4.68. The highest BCUT2D eigenvalue weighted by Crippen LogP contribution is 2.32. The summed E-state index contributed by atoms with van der Waals surface area (Å²) in [6.45, 7) is 2.34. The molecule has 0 spiro atoms. The lowest BCUT2D eigenvalue weighted by molar-refractivity contribution is -0.119. The van der Waals surface area contributed by atoms with E-state index in [9.17, 15) is 4.79 Å². The monoisotopic (exact) mass is 374 g/mol. The molecule has 1 aliphatic rings. The second kappa shape index (κ2) is 7.37. The van der Waals surface area contributed by atoms with Crippen molar-refractivity contribution in [2.24, 2.45) is 4.99 Å². The summed E-state index contributed by atoms with van der Waals surface area (Å²) in [7, 11) is 0. The molecule has 0 bridgehead atoms. The van der Waals surface area contributed by atoms with Gasteiger partial charge >= 0.3 is 0 Å². The number of carbonyl (C=O) groups excluding carboxylic acids is 1. The van der Waals surface area contributed by atoms with Gasteiger partial charge in [0.15, 0.2) is 0 Å². The van der Waals surface area contributed by atoms with Crippen LogP contribution in [0, 0.1) is 0 Å². The molecule has 0 radical (unpaired) electrons. The van der Waals surface area contributed by atoms with Gasteiger partial charge in [-0.1, -0.05) is 72.3 Å². The van der Waals surface area contributed by atoms with E-state index in [1.807, 2.05) is 90.7 Å². The molecule has 3 aromatic carbocycles. The van der Waals surface area contributed by atoms with Crippen LogP contribution in [0.2, 0.25) is 5.02 Å². The summed E-state index contributed by atoms with van der Waals surface area (Å²) < 4.78 is 0. The molecule has 1 amide bonds. The minimum atomic E-state index is -0.477. The minimum absolute atomic E-state index is 0.0200. The van der Waals surface area contributed by atoms with Gasteiger partial charge in [0.05, 0.1) is 17.9 Å². The number of hydrogen-bond acceptors (Lipinski definition) is 2. The zero-order chi connectivity index (χ0) is 18.8. The molecular formula is C23H19ClN2O. The van der Waals surface area contributed by atoms with Crippen LogP contribution >= 0.6 is 11.6 Å². The van der Waals surface area contributed by atoms with Gasteiger partial charge in [-0.15, -0.1) is 0 Å². The summed E-state index contributed by atoms with van der Waals surface area (Å²) in [6.07, 6.45) is 0. The van der Waals surface area contributed by atoms with Crippen molar-refractivity contribution in [1.82, 2.24) is 0 Å². The van der Waals surface area contributed by atoms with Crippen LogP contribution in [-0.4, -0.2) is 17.7 Å². The van der Waals surface area contributed by atoms with Crippen LogP contribution in [0.3, 0.4) is 0 Å². The molecule has 0 fully saturated rings. The predicted octanol–water partition coefficient (Wildman–Crippen LogP) is 5.11. The van der Waals surface area contributed by atoms with E-state index in [0.29, 0.717) is 11.6 Å². The number of rotatable bonds is 3. The molecule has 134 valence electrons. The van der Waals surface area contributed by atoms with E-state index >= 15 is 0 Å². The van der Waals surface area contributed by atoms with Gasteiger partial charge in [-0.05, 0) is 30.7 Å². The first-order valence-corrected chi connectivity index (χ1v) is 9.30. The Bertz CT molecular complexity index is 999. The number of carbonyl (C=O) groups is 1. The highest BCUT2D eigenvalue weighted by Gasteiger charge is 2.29. The van der Waals surface area contributed by atoms with Crippen LogP contribution in [0.5, 0.6) is 0 Å². The molecule has 0 unspecified atom stereocenters. The van der Waals surface area contributed by atoms with E-state index in [1.165, 1.54) is 0 Å². The van der Waals surface area contributed by atoms with Gasteiger partial charge < -0.3 is 4.90 Å². The Morgan fingerprint density at radius 2 is 1.63 bits per heavy atom. The number of fused-ring (bicyclic) bond motifs is 1. The van der Waals surface area contributed by atoms with E-state index in [0.717, 1.165) is 28.1 Å². The Balaban J connectivity index is 1.87. The van der Waals surface area contributed by atoms with Crippen LogP contribution in [0.25, 0.3) is 0 Å². The number of aliphatic imine (C=N–C) groups is 1. The first-order chi connectivity index (χ1) is 13.1. The summed E-state index contributed by atoms with van der Waals surface area (Å²) >= 11 is 6.30. The fourth-order valence-electron chi connectivity index (χ4n) is 3.35. The molecule has 0 aromatic heterocycles. The standard InChI is InChI=1S/C23H19ClN2O/c1-16-23(27)26(15-17-8-4-2-5-9-17)21-13-12-19(24)14-20(21)22(25-16)18-10-6-3-7-11-18/h2-14,16H,15H2,1H3/t16-/m0/s1. The van der Waals surface area contributed by atoms with Gasteiger partial charge in [-0.25, -0.2) is 0 Å². The second-order valence-electron chi connectivity index (χ2n) is 6.59. The summed E-state index contributed by atoms with van der Waals surface area (Å²) in [5.74, 6) is -0.0200. The van der Waals surface area contributed by atoms with Gasteiger partial charge in [0.2, 0.25) is 0 Å². The molecule has 0 N–H and O–H groups in total. The lowest BCUT2D eigenvalue weighted by Crippen LogP contribution is -2.36. The van der Waals surface area contributed by atoms with E-state index in [4.69, 9.17) is 16.6 Å². The van der Waals surface area contributed by atoms with Crippen LogP contribution in [0.15, 0.2) is 83.9 Å². The van der Waals surface area contributed by atoms with Crippen molar-refractivity contribution in [1.29, 1.82) is 0 Å². The van der Waals surface area contributed by atoms with Crippen molar-refractivity contribution in [2.45, 2.75) is 19.5 Å². The molecule has 0 aliphatic carbocycles. The molecule has 0 saturated heterocycles. The Labute approximate surface area is 163 Å². The maximum Gasteiger partial charge on any atom is 0.251 e. The average Bonchev–Trinajstić information content (AvgIpc) is 2.80. The number of benzene rings is 3. The number of benzodiazepines with no additional fused rings is 1. The summed E-state index contributed by atoms with van der Waals surface area (Å²) in [4.78, 5) is 19.7. The molecule has 3 nitrogen and oxygen atoms in total. The fraction of sp³-hybridized carbons (Fsp3) is 0.130. The molecule has 1 atom stereocenters. The van der Waals surface area contributed by atoms with E-state index in [-0.39, 0.29) is 5.91 Å². The topological polar surface area (TPSA) is 32.7 Å². The molecule has 3 aromatic rings. The maximum absolute atomic E-state index is 13.2. The molecular weight excluding hydrogens is 356 g/mol. The summed E-state index contributed by atoms with van der Waals surface area (Å²) in [6, 6.07) is 25.1. The van der Waals surface area contributed by atoms with Crippen molar-refractivity contribution in [3.05, 3.63) is 101 Å². The number of amides is 1. The Hall–Kier alpha value is -2.91. The average molecular weight is 375 g/mol.